The quantitative estimate of drug-likeness (QED) is 0.143. The van der Waals surface area contributed by atoms with Crippen molar-refractivity contribution in [3.63, 3.8) is 0 Å². The number of para-hydroxylation sites is 1. The van der Waals surface area contributed by atoms with Crippen molar-refractivity contribution in [2.24, 2.45) is 0 Å². The fourth-order valence-electron chi connectivity index (χ4n) is 2.73. The van der Waals surface area contributed by atoms with Gasteiger partial charge in [-0.25, -0.2) is 0 Å². The first-order valence-corrected chi connectivity index (χ1v) is 10.3. The van der Waals surface area contributed by atoms with Gasteiger partial charge in [0.1, 0.15) is 0 Å². The summed E-state index contributed by atoms with van der Waals surface area (Å²) in [7, 11) is 0. The predicted molar refractivity (Wildman–Crippen MR) is 105 cm³/mol. The third-order valence-electron chi connectivity index (χ3n) is 4.14. The third kappa shape index (κ3) is 8.60. The van der Waals surface area contributed by atoms with E-state index in [9.17, 15) is 20.2 Å². The van der Waals surface area contributed by atoms with Crippen LogP contribution in [0.2, 0.25) is 0 Å². The molecule has 26 heavy (non-hydrogen) atoms. The van der Waals surface area contributed by atoms with Crippen molar-refractivity contribution in [2.45, 2.75) is 64.2 Å². The molecule has 0 N–H and O–H groups in total. The smallest absolute Gasteiger partial charge is 0.318 e. The molecular formula is C18H27BrN2O5. The van der Waals surface area contributed by atoms with E-state index in [1.807, 2.05) is 0 Å². The Hall–Kier alpha value is -1.70. The Kier molecular flexibility index (Phi) is 11.6. The van der Waals surface area contributed by atoms with E-state index >= 15 is 0 Å². The van der Waals surface area contributed by atoms with E-state index in [0.717, 1.165) is 24.6 Å². The van der Waals surface area contributed by atoms with Gasteiger partial charge in [-0.2, -0.15) is 0 Å². The van der Waals surface area contributed by atoms with Crippen molar-refractivity contribution in [1.29, 1.82) is 0 Å². The van der Waals surface area contributed by atoms with Gasteiger partial charge in [0.2, 0.25) is 0 Å². The van der Waals surface area contributed by atoms with E-state index in [1.54, 1.807) is 0 Å². The summed E-state index contributed by atoms with van der Waals surface area (Å²) < 4.78 is 5.39. The second-order valence-corrected chi connectivity index (χ2v) is 7.01. The monoisotopic (exact) mass is 430 g/mol. The second-order valence-electron chi connectivity index (χ2n) is 6.21. The number of halogens is 1. The molecule has 0 spiro atoms. The van der Waals surface area contributed by atoms with Gasteiger partial charge in [0.05, 0.1) is 16.5 Å². The van der Waals surface area contributed by atoms with E-state index in [0.29, 0.717) is 0 Å². The Bertz CT molecular complexity index is 536. The minimum atomic E-state index is -0.653. The van der Waals surface area contributed by atoms with E-state index < -0.39 is 9.85 Å². The summed E-state index contributed by atoms with van der Waals surface area (Å²) in [6, 6.07) is 3.74. The van der Waals surface area contributed by atoms with Gasteiger partial charge in [0, 0.05) is 17.5 Å². The number of benzene rings is 1. The second kappa shape index (κ2) is 13.5. The first-order chi connectivity index (χ1) is 12.6. The van der Waals surface area contributed by atoms with Crippen LogP contribution in [0.15, 0.2) is 18.2 Å². The van der Waals surface area contributed by atoms with Crippen LogP contribution in [0.4, 0.5) is 11.4 Å². The molecule has 1 aromatic carbocycles. The predicted octanol–water partition coefficient (Wildman–Crippen LogP) is 6.18. The number of rotatable bonds is 15. The van der Waals surface area contributed by atoms with Crippen LogP contribution in [-0.4, -0.2) is 21.8 Å². The molecule has 0 atom stereocenters. The summed E-state index contributed by atoms with van der Waals surface area (Å²) in [5.74, 6) is -0.244. The number of ether oxygens (including phenoxy) is 1. The van der Waals surface area contributed by atoms with Gasteiger partial charge in [-0.15, -0.1) is 0 Å². The van der Waals surface area contributed by atoms with Crippen molar-refractivity contribution < 1.29 is 14.6 Å². The molecule has 0 heterocycles. The maximum atomic E-state index is 11.0. The SMILES string of the molecule is O=[N+]([O-])c1cccc([N+](=O)[O-])c1OCCCCCCCCCCCCBr. The average Bonchev–Trinajstić information content (AvgIpc) is 2.62. The first kappa shape index (κ1) is 22.3. The van der Waals surface area contributed by atoms with Crippen molar-refractivity contribution >= 4 is 27.3 Å². The standard InChI is InChI=1S/C18H27BrN2O5/c19-14-9-7-5-3-1-2-4-6-8-10-15-26-18-16(20(22)23)12-11-13-17(18)21(24)25/h11-13H,1-10,14-15H2. The number of unbranched alkanes of at least 4 members (excludes halogenated alkanes) is 9. The number of alkyl halides is 1. The molecular weight excluding hydrogens is 404 g/mol. The summed E-state index contributed by atoms with van der Waals surface area (Å²) in [5.41, 5.74) is -0.724. The summed E-state index contributed by atoms with van der Waals surface area (Å²) in [5, 5.41) is 23.1. The van der Waals surface area contributed by atoms with Crippen molar-refractivity contribution in [3.05, 3.63) is 38.4 Å². The number of hydrogen-bond acceptors (Lipinski definition) is 5. The zero-order chi connectivity index (χ0) is 19.2. The van der Waals surface area contributed by atoms with Gasteiger partial charge in [-0.1, -0.05) is 67.3 Å². The van der Waals surface area contributed by atoms with Gasteiger partial charge in [-0.05, 0) is 18.9 Å². The van der Waals surface area contributed by atoms with Crippen LogP contribution in [0, 0.1) is 20.2 Å². The fourth-order valence-corrected chi connectivity index (χ4v) is 3.13. The highest BCUT2D eigenvalue weighted by Crippen LogP contribution is 2.36. The number of nitrogens with zero attached hydrogens (tertiary/aromatic N) is 2. The Balaban J connectivity index is 2.22. The molecule has 8 heteroatoms. The summed E-state index contributed by atoms with van der Waals surface area (Å²) in [6.07, 6.45) is 11.6. The molecule has 1 aromatic rings. The summed E-state index contributed by atoms with van der Waals surface area (Å²) in [4.78, 5) is 20.7. The fraction of sp³-hybridized carbons (Fsp3) is 0.667. The maximum absolute atomic E-state index is 11.0. The van der Waals surface area contributed by atoms with Gasteiger partial charge in [0.25, 0.3) is 5.75 Å². The highest BCUT2D eigenvalue weighted by Gasteiger charge is 2.26. The largest absolute Gasteiger partial charge is 0.482 e. The van der Waals surface area contributed by atoms with Crippen molar-refractivity contribution in [3.8, 4) is 5.75 Å². The lowest BCUT2D eigenvalue weighted by atomic mass is 10.1. The zero-order valence-corrected chi connectivity index (χ0v) is 16.6. The molecule has 0 aliphatic heterocycles. The minimum Gasteiger partial charge on any atom is -0.482 e. The first-order valence-electron chi connectivity index (χ1n) is 9.18. The highest BCUT2D eigenvalue weighted by atomic mass is 79.9. The lowest BCUT2D eigenvalue weighted by Gasteiger charge is -2.07. The molecule has 0 aliphatic carbocycles. The lowest BCUT2D eigenvalue weighted by Crippen LogP contribution is -2.03. The van der Waals surface area contributed by atoms with Gasteiger partial charge < -0.3 is 4.74 Å². The molecule has 0 aromatic heterocycles. The molecule has 0 aliphatic rings. The Labute approximate surface area is 162 Å². The molecule has 7 nitrogen and oxygen atoms in total. The number of nitro benzene ring substituents is 2. The highest BCUT2D eigenvalue weighted by molar-refractivity contribution is 9.09. The van der Waals surface area contributed by atoms with Gasteiger partial charge in [0.15, 0.2) is 0 Å². The number of hydrogen-bond donors (Lipinski definition) is 0. The molecule has 0 bridgehead atoms. The van der Waals surface area contributed by atoms with E-state index in [2.05, 4.69) is 15.9 Å². The van der Waals surface area contributed by atoms with Crippen LogP contribution < -0.4 is 4.74 Å². The average molecular weight is 431 g/mol. The lowest BCUT2D eigenvalue weighted by molar-refractivity contribution is -0.396. The van der Waals surface area contributed by atoms with E-state index in [4.69, 9.17) is 4.74 Å². The Morgan fingerprint density at radius 3 is 1.62 bits per heavy atom. The van der Waals surface area contributed by atoms with Crippen LogP contribution in [-0.2, 0) is 0 Å². The van der Waals surface area contributed by atoms with Crippen LogP contribution in [0.3, 0.4) is 0 Å². The molecule has 0 radical (unpaired) electrons. The minimum absolute atomic E-state index is 0.244. The summed E-state index contributed by atoms with van der Waals surface area (Å²) in [6.45, 7) is 0.248. The normalized spacial score (nSPS) is 10.7. The zero-order valence-electron chi connectivity index (χ0n) is 15.0. The van der Waals surface area contributed by atoms with Gasteiger partial charge >= 0.3 is 11.4 Å². The maximum Gasteiger partial charge on any atom is 0.318 e. The third-order valence-corrected chi connectivity index (χ3v) is 4.70. The molecule has 0 amide bonds. The van der Waals surface area contributed by atoms with Crippen LogP contribution in [0.5, 0.6) is 5.75 Å². The van der Waals surface area contributed by atoms with Crippen LogP contribution in [0.25, 0.3) is 0 Å². The van der Waals surface area contributed by atoms with E-state index in [1.165, 1.54) is 63.1 Å². The van der Waals surface area contributed by atoms with Gasteiger partial charge in [-0.3, -0.25) is 20.2 Å². The van der Waals surface area contributed by atoms with Crippen LogP contribution in [0.1, 0.15) is 64.2 Å². The molecule has 0 fully saturated rings. The molecule has 146 valence electrons. The Morgan fingerprint density at radius 2 is 1.19 bits per heavy atom. The molecule has 1 rings (SSSR count). The topological polar surface area (TPSA) is 95.5 Å². The van der Waals surface area contributed by atoms with Crippen molar-refractivity contribution in [2.75, 3.05) is 11.9 Å². The molecule has 0 unspecified atom stereocenters. The van der Waals surface area contributed by atoms with E-state index in [-0.39, 0.29) is 23.7 Å². The number of nitro groups is 2. The van der Waals surface area contributed by atoms with Crippen LogP contribution >= 0.6 is 15.9 Å². The van der Waals surface area contributed by atoms with Crippen molar-refractivity contribution in [1.82, 2.24) is 0 Å². The molecule has 0 saturated carbocycles. The molecule has 0 saturated heterocycles. The summed E-state index contributed by atoms with van der Waals surface area (Å²) >= 11 is 3.43. The Morgan fingerprint density at radius 1 is 0.769 bits per heavy atom.